The molecule has 0 saturated carbocycles. The second-order valence-corrected chi connectivity index (χ2v) is 11.3. The van der Waals surface area contributed by atoms with Crippen molar-refractivity contribution in [1.29, 1.82) is 0 Å². The maximum Gasteiger partial charge on any atom is 0.190 e. The minimum absolute atomic E-state index is 0.633. The molecule has 0 aliphatic carbocycles. The largest absolute Gasteiger partial charge is 0.406 e. The lowest BCUT2D eigenvalue weighted by Crippen LogP contribution is -2.34. The van der Waals surface area contributed by atoms with Crippen LogP contribution in [0.5, 0.6) is 0 Å². The Bertz CT molecular complexity index is 273. The molecule has 0 aliphatic heterocycles. The van der Waals surface area contributed by atoms with Crippen molar-refractivity contribution in [3.63, 3.8) is 0 Å². The summed E-state index contributed by atoms with van der Waals surface area (Å²) in [5.41, 5.74) is 0.664. The van der Waals surface area contributed by atoms with Crippen molar-refractivity contribution >= 4 is 8.32 Å². The van der Waals surface area contributed by atoms with Crippen molar-refractivity contribution < 1.29 is 4.43 Å². The van der Waals surface area contributed by atoms with Gasteiger partial charge in [0.25, 0.3) is 0 Å². The molecule has 0 amide bonds. The molecule has 118 valence electrons. The molecule has 0 bridgehead atoms. The number of hydrogen-bond acceptors (Lipinski definition) is 1. The van der Waals surface area contributed by atoms with Crippen LogP contribution in [-0.2, 0) is 4.43 Å². The first-order valence-corrected chi connectivity index (χ1v) is 11.6. The van der Waals surface area contributed by atoms with E-state index >= 15 is 0 Å². The van der Waals surface area contributed by atoms with Crippen molar-refractivity contribution in [1.82, 2.24) is 0 Å². The summed E-state index contributed by atoms with van der Waals surface area (Å²) < 4.78 is 5.94. The fraction of sp³-hybridized carbons (Fsp3) is 0.889. The number of unbranched alkanes of at least 4 members (excludes halogenated alkanes) is 8. The van der Waals surface area contributed by atoms with Gasteiger partial charge in [0.15, 0.2) is 8.32 Å². The lowest BCUT2D eigenvalue weighted by atomic mass is 10.1. The van der Waals surface area contributed by atoms with E-state index in [1.807, 2.05) is 0 Å². The van der Waals surface area contributed by atoms with E-state index in [-0.39, 0.29) is 0 Å². The van der Waals surface area contributed by atoms with Crippen LogP contribution in [0.3, 0.4) is 0 Å². The van der Waals surface area contributed by atoms with Crippen LogP contribution in [-0.4, -0.2) is 14.9 Å². The van der Waals surface area contributed by atoms with E-state index in [1.54, 1.807) is 0 Å². The highest BCUT2D eigenvalue weighted by Crippen LogP contribution is 2.20. The predicted molar refractivity (Wildman–Crippen MR) is 93.5 cm³/mol. The molecular formula is C18H36OSi. The Morgan fingerprint density at radius 2 is 1.40 bits per heavy atom. The SMILES string of the molecule is CCCCCCCCCCC#CCO[Si](C)(C)C(C)C. The van der Waals surface area contributed by atoms with Gasteiger partial charge in [-0.15, -0.1) is 5.92 Å². The van der Waals surface area contributed by atoms with Gasteiger partial charge in [-0.2, -0.15) is 0 Å². The Kier molecular flexibility index (Phi) is 12.3. The molecule has 0 aromatic heterocycles. The second-order valence-electron chi connectivity index (χ2n) is 6.63. The van der Waals surface area contributed by atoms with Gasteiger partial charge in [0.1, 0.15) is 0 Å². The molecule has 0 heterocycles. The molecule has 0 saturated heterocycles. The molecule has 0 spiro atoms. The fourth-order valence-corrected chi connectivity index (χ4v) is 2.65. The fourth-order valence-electron chi connectivity index (χ4n) is 1.88. The average Bonchev–Trinajstić information content (AvgIpc) is 2.39. The Morgan fingerprint density at radius 3 is 1.95 bits per heavy atom. The van der Waals surface area contributed by atoms with Crippen LogP contribution in [0.4, 0.5) is 0 Å². The number of rotatable bonds is 11. The van der Waals surface area contributed by atoms with Crippen molar-refractivity contribution in [3.05, 3.63) is 0 Å². The smallest absolute Gasteiger partial charge is 0.190 e. The Labute approximate surface area is 129 Å². The van der Waals surface area contributed by atoms with E-state index in [1.165, 1.54) is 51.4 Å². The van der Waals surface area contributed by atoms with Crippen LogP contribution in [0.2, 0.25) is 18.6 Å². The predicted octanol–water partition coefficient (Wildman–Crippen LogP) is 6.15. The highest BCUT2D eigenvalue weighted by Gasteiger charge is 2.26. The van der Waals surface area contributed by atoms with Crippen LogP contribution < -0.4 is 0 Å². The van der Waals surface area contributed by atoms with Gasteiger partial charge < -0.3 is 4.43 Å². The summed E-state index contributed by atoms with van der Waals surface area (Å²) in [7, 11) is -1.48. The third-order valence-electron chi connectivity index (χ3n) is 4.19. The van der Waals surface area contributed by atoms with Gasteiger partial charge in [-0.25, -0.2) is 0 Å². The topological polar surface area (TPSA) is 9.23 Å². The molecule has 2 heteroatoms. The minimum atomic E-state index is -1.48. The molecule has 0 N–H and O–H groups in total. The van der Waals surface area contributed by atoms with Gasteiger partial charge >= 0.3 is 0 Å². The van der Waals surface area contributed by atoms with E-state index in [0.29, 0.717) is 12.1 Å². The first-order valence-electron chi connectivity index (χ1n) is 8.60. The molecule has 1 nitrogen and oxygen atoms in total. The molecule has 0 aromatic carbocycles. The van der Waals surface area contributed by atoms with Crippen LogP contribution in [0.25, 0.3) is 0 Å². The first-order chi connectivity index (χ1) is 9.50. The lowest BCUT2D eigenvalue weighted by Gasteiger charge is -2.25. The molecule has 0 aliphatic rings. The molecule has 0 aromatic rings. The quantitative estimate of drug-likeness (QED) is 0.252. The van der Waals surface area contributed by atoms with Gasteiger partial charge in [-0.05, 0) is 25.1 Å². The van der Waals surface area contributed by atoms with E-state index < -0.39 is 8.32 Å². The van der Waals surface area contributed by atoms with Gasteiger partial charge in [0.2, 0.25) is 0 Å². The molecule has 0 radical (unpaired) electrons. The molecular weight excluding hydrogens is 260 g/mol. The first kappa shape index (κ1) is 19.7. The van der Waals surface area contributed by atoms with Crippen molar-refractivity contribution in [2.75, 3.05) is 6.61 Å². The summed E-state index contributed by atoms with van der Waals surface area (Å²) in [6.07, 6.45) is 12.0. The average molecular weight is 297 g/mol. The maximum atomic E-state index is 5.94. The summed E-state index contributed by atoms with van der Waals surface area (Å²) in [5, 5.41) is 0. The maximum absolute atomic E-state index is 5.94. The van der Waals surface area contributed by atoms with Crippen LogP contribution >= 0.6 is 0 Å². The molecule has 0 unspecified atom stereocenters. The van der Waals surface area contributed by atoms with Gasteiger partial charge in [-0.3, -0.25) is 0 Å². The van der Waals surface area contributed by atoms with Crippen molar-refractivity contribution in [2.45, 2.75) is 97.2 Å². The van der Waals surface area contributed by atoms with E-state index in [2.05, 4.69) is 45.7 Å². The van der Waals surface area contributed by atoms with Gasteiger partial charge in [-0.1, -0.05) is 71.6 Å². The van der Waals surface area contributed by atoms with E-state index in [4.69, 9.17) is 4.43 Å². The van der Waals surface area contributed by atoms with Gasteiger partial charge in [0, 0.05) is 6.42 Å². The Morgan fingerprint density at radius 1 is 0.850 bits per heavy atom. The molecule has 0 fully saturated rings. The van der Waals surface area contributed by atoms with Crippen LogP contribution in [0.15, 0.2) is 0 Å². The van der Waals surface area contributed by atoms with Crippen LogP contribution in [0, 0.1) is 11.8 Å². The monoisotopic (exact) mass is 296 g/mol. The summed E-state index contributed by atoms with van der Waals surface area (Å²) >= 11 is 0. The zero-order valence-corrected chi connectivity index (χ0v) is 15.6. The number of hydrogen-bond donors (Lipinski definition) is 0. The Hall–Kier alpha value is -0.263. The minimum Gasteiger partial charge on any atom is -0.406 e. The second kappa shape index (κ2) is 12.5. The summed E-state index contributed by atoms with van der Waals surface area (Å²) in [4.78, 5) is 0. The molecule has 0 atom stereocenters. The van der Waals surface area contributed by atoms with Gasteiger partial charge in [0.05, 0.1) is 6.61 Å². The van der Waals surface area contributed by atoms with E-state index in [9.17, 15) is 0 Å². The summed E-state index contributed by atoms with van der Waals surface area (Å²) in [6, 6.07) is 0. The van der Waals surface area contributed by atoms with E-state index in [0.717, 1.165) is 6.42 Å². The molecule has 20 heavy (non-hydrogen) atoms. The normalized spacial score (nSPS) is 11.5. The van der Waals surface area contributed by atoms with Crippen molar-refractivity contribution in [2.24, 2.45) is 0 Å². The highest BCUT2D eigenvalue weighted by molar-refractivity contribution is 6.72. The third kappa shape index (κ3) is 11.6. The van der Waals surface area contributed by atoms with Crippen LogP contribution in [0.1, 0.15) is 78.6 Å². The zero-order valence-electron chi connectivity index (χ0n) is 14.6. The van der Waals surface area contributed by atoms with Crippen molar-refractivity contribution in [3.8, 4) is 11.8 Å². The standard InChI is InChI=1S/C18H36OSi/c1-6-7-8-9-10-11-12-13-14-15-16-17-19-20(4,5)18(2)3/h18H,6-14,17H2,1-5H3. The highest BCUT2D eigenvalue weighted by atomic mass is 28.4. The zero-order chi connectivity index (χ0) is 15.3. The summed E-state index contributed by atoms with van der Waals surface area (Å²) in [5.74, 6) is 6.43. The Balaban J connectivity index is 3.38. The lowest BCUT2D eigenvalue weighted by molar-refractivity contribution is 0.351. The molecule has 0 rings (SSSR count). The summed E-state index contributed by atoms with van der Waals surface area (Å²) in [6.45, 7) is 12.0. The third-order valence-corrected chi connectivity index (χ3v) is 7.86.